The molecular formula is C17H34N2O. The van der Waals surface area contributed by atoms with E-state index in [1.807, 2.05) is 0 Å². The van der Waals surface area contributed by atoms with Crippen LogP contribution >= 0.6 is 0 Å². The van der Waals surface area contributed by atoms with Crippen molar-refractivity contribution < 1.29 is 4.74 Å². The fraction of sp³-hybridized carbons (Fsp3) is 1.00. The van der Waals surface area contributed by atoms with Crippen LogP contribution in [0.3, 0.4) is 0 Å². The summed E-state index contributed by atoms with van der Waals surface area (Å²) in [5.41, 5.74) is 6.48. The van der Waals surface area contributed by atoms with Crippen LogP contribution in [0.25, 0.3) is 0 Å². The van der Waals surface area contributed by atoms with Crippen molar-refractivity contribution in [2.75, 3.05) is 19.6 Å². The lowest BCUT2D eigenvalue weighted by Crippen LogP contribution is -2.57. The number of hydrogen-bond donors (Lipinski definition) is 1. The third-order valence-electron chi connectivity index (χ3n) is 5.49. The smallest absolute Gasteiger partial charge is 0.0706 e. The molecule has 0 amide bonds. The van der Waals surface area contributed by atoms with Gasteiger partial charge in [0.05, 0.1) is 12.2 Å². The monoisotopic (exact) mass is 282 g/mol. The summed E-state index contributed by atoms with van der Waals surface area (Å²) < 4.78 is 6.06. The second kappa shape index (κ2) is 7.24. The molecule has 0 radical (unpaired) electrons. The maximum atomic E-state index is 6.23. The van der Waals surface area contributed by atoms with E-state index < -0.39 is 0 Å². The highest BCUT2D eigenvalue weighted by atomic mass is 16.5. The fourth-order valence-corrected chi connectivity index (χ4v) is 4.01. The SMILES string of the molecule is CCCN(CC1CCC(C)O1)C1(CN)CCC(C)CC1. The lowest BCUT2D eigenvalue weighted by Gasteiger charge is -2.48. The van der Waals surface area contributed by atoms with Gasteiger partial charge in [-0.2, -0.15) is 0 Å². The van der Waals surface area contributed by atoms with Crippen LogP contribution in [0.15, 0.2) is 0 Å². The molecule has 2 N–H and O–H groups in total. The summed E-state index contributed by atoms with van der Waals surface area (Å²) in [6.07, 6.45) is 9.73. The van der Waals surface area contributed by atoms with Crippen molar-refractivity contribution in [3.05, 3.63) is 0 Å². The Hall–Kier alpha value is -0.120. The second-order valence-corrected chi connectivity index (χ2v) is 7.20. The van der Waals surface area contributed by atoms with Gasteiger partial charge < -0.3 is 10.5 Å². The molecule has 2 aliphatic rings. The van der Waals surface area contributed by atoms with Crippen molar-refractivity contribution in [1.82, 2.24) is 4.90 Å². The lowest BCUT2D eigenvalue weighted by atomic mass is 9.75. The molecule has 0 aromatic heterocycles. The molecule has 3 nitrogen and oxygen atoms in total. The molecule has 1 aliphatic heterocycles. The van der Waals surface area contributed by atoms with Crippen LogP contribution in [0, 0.1) is 5.92 Å². The maximum Gasteiger partial charge on any atom is 0.0706 e. The lowest BCUT2D eigenvalue weighted by molar-refractivity contribution is -0.0183. The Morgan fingerprint density at radius 1 is 1.15 bits per heavy atom. The van der Waals surface area contributed by atoms with Crippen LogP contribution < -0.4 is 5.73 Å². The molecule has 0 aromatic rings. The van der Waals surface area contributed by atoms with Crippen molar-refractivity contribution in [3.63, 3.8) is 0 Å². The van der Waals surface area contributed by atoms with E-state index in [9.17, 15) is 0 Å². The Labute approximate surface area is 125 Å². The topological polar surface area (TPSA) is 38.5 Å². The number of nitrogens with two attached hydrogens (primary N) is 1. The van der Waals surface area contributed by atoms with Crippen LogP contribution in [-0.2, 0) is 4.74 Å². The molecule has 0 bridgehead atoms. The average molecular weight is 282 g/mol. The van der Waals surface area contributed by atoms with Crippen molar-refractivity contribution >= 4 is 0 Å². The molecule has 1 saturated heterocycles. The zero-order valence-corrected chi connectivity index (χ0v) is 13.7. The minimum atomic E-state index is 0.248. The van der Waals surface area contributed by atoms with Gasteiger partial charge in [-0.15, -0.1) is 0 Å². The van der Waals surface area contributed by atoms with Gasteiger partial charge in [0.25, 0.3) is 0 Å². The summed E-state index contributed by atoms with van der Waals surface area (Å²) in [7, 11) is 0. The molecule has 1 heterocycles. The molecule has 0 aromatic carbocycles. The summed E-state index contributed by atoms with van der Waals surface area (Å²) in [5.74, 6) is 0.876. The largest absolute Gasteiger partial charge is 0.374 e. The molecule has 118 valence electrons. The number of ether oxygens (including phenoxy) is 1. The van der Waals surface area contributed by atoms with E-state index in [1.54, 1.807) is 0 Å². The van der Waals surface area contributed by atoms with E-state index in [2.05, 4.69) is 25.7 Å². The Balaban J connectivity index is 2.01. The van der Waals surface area contributed by atoms with Crippen LogP contribution in [0.4, 0.5) is 0 Å². The van der Waals surface area contributed by atoms with Crippen LogP contribution in [0.2, 0.25) is 0 Å². The zero-order chi connectivity index (χ0) is 14.6. The molecule has 2 unspecified atom stereocenters. The van der Waals surface area contributed by atoms with Gasteiger partial charge in [-0.3, -0.25) is 4.90 Å². The molecular weight excluding hydrogens is 248 g/mol. The molecule has 2 rings (SSSR count). The number of hydrogen-bond acceptors (Lipinski definition) is 3. The van der Waals surface area contributed by atoms with Crippen LogP contribution in [0.5, 0.6) is 0 Å². The van der Waals surface area contributed by atoms with Gasteiger partial charge in [-0.25, -0.2) is 0 Å². The van der Waals surface area contributed by atoms with E-state index in [1.165, 1.54) is 51.5 Å². The fourth-order valence-electron chi connectivity index (χ4n) is 4.01. The Morgan fingerprint density at radius 3 is 2.35 bits per heavy atom. The van der Waals surface area contributed by atoms with Gasteiger partial charge in [0, 0.05) is 18.6 Å². The van der Waals surface area contributed by atoms with E-state index >= 15 is 0 Å². The first kappa shape index (κ1) is 16.3. The minimum Gasteiger partial charge on any atom is -0.374 e. The summed E-state index contributed by atoms with van der Waals surface area (Å²) in [4.78, 5) is 2.68. The predicted octanol–water partition coefficient (Wildman–Crippen LogP) is 3.17. The molecule has 20 heavy (non-hydrogen) atoms. The van der Waals surface area contributed by atoms with Gasteiger partial charge in [-0.1, -0.05) is 13.8 Å². The molecule has 3 heteroatoms. The first-order valence-corrected chi connectivity index (χ1v) is 8.70. The molecule has 0 spiro atoms. The summed E-state index contributed by atoms with van der Waals surface area (Å²) >= 11 is 0. The Bertz CT molecular complexity index is 287. The first-order chi connectivity index (χ1) is 9.59. The third kappa shape index (κ3) is 3.75. The highest BCUT2D eigenvalue weighted by Crippen LogP contribution is 2.36. The van der Waals surface area contributed by atoms with Crippen LogP contribution in [-0.4, -0.2) is 42.3 Å². The van der Waals surface area contributed by atoms with Crippen molar-refractivity contribution in [1.29, 1.82) is 0 Å². The molecule has 1 aliphatic carbocycles. The number of rotatable bonds is 6. The highest BCUT2D eigenvalue weighted by Gasteiger charge is 2.39. The first-order valence-electron chi connectivity index (χ1n) is 8.70. The molecule has 1 saturated carbocycles. The summed E-state index contributed by atoms with van der Waals surface area (Å²) in [6.45, 7) is 9.92. The van der Waals surface area contributed by atoms with Gasteiger partial charge >= 0.3 is 0 Å². The third-order valence-corrected chi connectivity index (χ3v) is 5.49. The second-order valence-electron chi connectivity index (χ2n) is 7.20. The highest BCUT2D eigenvalue weighted by molar-refractivity contribution is 4.96. The van der Waals surface area contributed by atoms with E-state index in [-0.39, 0.29) is 5.54 Å². The van der Waals surface area contributed by atoms with Gasteiger partial charge in [0.1, 0.15) is 0 Å². The Kier molecular flexibility index (Phi) is 5.88. The normalized spacial score (nSPS) is 38.5. The van der Waals surface area contributed by atoms with E-state index in [4.69, 9.17) is 10.5 Å². The quantitative estimate of drug-likeness (QED) is 0.813. The summed E-state index contributed by atoms with van der Waals surface area (Å²) in [6, 6.07) is 0. The van der Waals surface area contributed by atoms with E-state index in [0.29, 0.717) is 12.2 Å². The van der Waals surface area contributed by atoms with Gasteiger partial charge in [-0.05, 0) is 64.3 Å². The van der Waals surface area contributed by atoms with Crippen molar-refractivity contribution in [2.24, 2.45) is 11.7 Å². The van der Waals surface area contributed by atoms with Gasteiger partial charge in [0.15, 0.2) is 0 Å². The minimum absolute atomic E-state index is 0.248. The summed E-state index contributed by atoms with van der Waals surface area (Å²) in [5, 5.41) is 0. The zero-order valence-electron chi connectivity index (χ0n) is 13.7. The average Bonchev–Trinajstić information content (AvgIpc) is 2.85. The molecule has 2 fully saturated rings. The maximum absolute atomic E-state index is 6.23. The molecule has 2 atom stereocenters. The standard InChI is InChI=1S/C17H34N2O/c1-4-11-19(12-16-6-5-15(3)20-16)17(13-18)9-7-14(2)8-10-17/h14-16H,4-13,18H2,1-3H3. The van der Waals surface area contributed by atoms with Gasteiger partial charge in [0.2, 0.25) is 0 Å². The van der Waals surface area contributed by atoms with Crippen molar-refractivity contribution in [2.45, 2.75) is 83.5 Å². The number of nitrogens with zero attached hydrogens (tertiary/aromatic N) is 1. The van der Waals surface area contributed by atoms with Crippen LogP contribution in [0.1, 0.15) is 65.7 Å². The predicted molar refractivity (Wildman–Crippen MR) is 84.9 cm³/mol. The van der Waals surface area contributed by atoms with E-state index in [0.717, 1.165) is 19.0 Å². The van der Waals surface area contributed by atoms with Crippen molar-refractivity contribution in [3.8, 4) is 0 Å². The Morgan fingerprint density at radius 2 is 1.85 bits per heavy atom.